The summed E-state index contributed by atoms with van der Waals surface area (Å²) in [6, 6.07) is 15.4. The molecule has 134 valence electrons. The van der Waals surface area contributed by atoms with Crippen LogP contribution in [0.2, 0.25) is 0 Å². The van der Waals surface area contributed by atoms with E-state index in [0.717, 1.165) is 21.3 Å². The van der Waals surface area contributed by atoms with Crippen molar-refractivity contribution < 1.29 is 9.53 Å². The fourth-order valence-electron chi connectivity index (χ4n) is 2.42. The molecule has 0 radical (unpaired) electrons. The molecule has 26 heavy (non-hydrogen) atoms. The minimum absolute atomic E-state index is 0.0448. The van der Waals surface area contributed by atoms with E-state index >= 15 is 0 Å². The normalized spacial score (nSPS) is 18.9. The summed E-state index contributed by atoms with van der Waals surface area (Å²) in [5.41, 5.74) is 1.96. The molecular weight excluding hydrogens is 414 g/mol. The first-order chi connectivity index (χ1) is 12.6. The van der Waals surface area contributed by atoms with E-state index in [-0.39, 0.29) is 11.2 Å². The molecule has 1 aliphatic heterocycles. The van der Waals surface area contributed by atoms with Gasteiger partial charge in [0.05, 0.1) is 25.1 Å². The maximum atomic E-state index is 12.5. The molecule has 2 aromatic carbocycles. The average Bonchev–Trinajstić information content (AvgIpc) is 2.92. The van der Waals surface area contributed by atoms with Gasteiger partial charge in [-0.3, -0.25) is 9.69 Å². The molecule has 1 amide bonds. The van der Waals surface area contributed by atoms with Crippen LogP contribution in [0.3, 0.4) is 0 Å². The van der Waals surface area contributed by atoms with Crippen LogP contribution in [0.15, 0.2) is 63.2 Å². The van der Waals surface area contributed by atoms with Gasteiger partial charge in [-0.25, -0.2) is 0 Å². The van der Waals surface area contributed by atoms with Gasteiger partial charge in [0.25, 0.3) is 0 Å². The van der Waals surface area contributed by atoms with Gasteiger partial charge in [-0.1, -0.05) is 52.0 Å². The third-order valence-corrected chi connectivity index (χ3v) is 5.44. The Morgan fingerprint density at radius 3 is 2.54 bits per heavy atom. The number of carbonyl (C=O) groups excluding carboxylic acids is 1. The Labute approximate surface area is 165 Å². The molecule has 0 aliphatic carbocycles. The molecular formula is C19H18BrN3O2S. The lowest BCUT2D eigenvalue weighted by Crippen LogP contribution is -2.30. The highest BCUT2D eigenvalue weighted by Crippen LogP contribution is 2.28. The first-order valence-electron chi connectivity index (χ1n) is 8.04. The maximum Gasteiger partial charge on any atom is 0.242 e. The van der Waals surface area contributed by atoms with Gasteiger partial charge in [0, 0.05) is 4.47 Å². The molecule has 1 heterocycles. The summed E-state index contributed by atoms with van der Waals surface area (Å²) in [5, 5.41) is 8.88. The fraction of sp³-hybridized carbons (Fsp3) is 0.211. The predicted molar refractivity (Wildman–Crippen MR) is 110 cm³/mol. The number of amides is 1. The molecule has 3 rings (SSSR count). The van der Waals surface area contributed by atoms with Crippen molar-refractivity contribution in [1.82, 2.24) is 4.90 Å². The lowest BCUT2D eigenvalue weighted by molar-refractivity contribution is -0.126. The third-order valence-electron chi connectivity index (χ3n) is 3.85. The largest absolute Gasteiger partial charge is 0.497 e. The molecule has 1 saturated heterocycles. The summed E-state index contributed by atoms with van der Waals surface area (Å²) in [7, 11) is 1.63. The van der Waals surface area contributed by atoms with Crippen molar-refractivity contribution in [3.05, 3.63) is 64.1 Å². The number of hydrogen-bond acceptors (Lipinski definition) is 5. The topological polar surface area (TPSA) is 54.3 Å². The molecule has 2 aromatic rings. The highest BCUT2D eigenvalue weighted by Gasteiger charge is 2.35. The van der Waals surface area contributed by atoms with E-state index in [1.807, 2.05) is 55.5 Å². The highest BCUT2D eigenvalue weighted by atomic mass is 79.9. The van der Waals surface area contributed by atoms with E-state index in [1.165, 1.54) is 11.8 Å². The summed E-state index contributed by atoms with van der Waals surface area (Å²) in [6.07, 6.45) is 1.68. The lowest BCUT2D eigenvalue weighted by Gasteiger charge is -2.15. The molecule has 0 spiro atoms. The van der Waals surface area contributed by atoms with Crippen LogP contribution in [0, 0.1) is 0 Å². The molecule has 0 saturated carbocycles. The van der Waals surface area contributed by atoms with Gasteiger partial charge < -0.3 is 4.74 Å². The van der Waals surface area contributed by atoms with E-state index in [4.69, 9.17) is 4.74 Å². The number of rotatable bonds is 5. The Bertz CT molecular complexity index is 835. The number of benzene rings is 2. The summed E-state index contributed by atoms with van der Waals surface area (Å²) >= 11 is 4.83. The minimum atomic E-state index is -0.158. The highest BCUT2D eigenvalue weighted by molar-refractivity contribution is 9.10. The number of thioether (sulfide) groups is 1. The van der Waals surface area contributed by atoms with E-state index in [0.29, 0.717) is 11.7 Å². The van der Waals surface area contributed by atoms with Crippen LogP contribution in [0.5, 0.6) is 5.75 Å². The van der Waals surface area contributed by atoms with Gasteiger partial charge in [-0.05, 0) is 42.3 Å². The summed E-state index contributed by atoms with van der Waals surface area (Å²) < 4.78 is 6.18. The second-order valence-corrected chi connectivity index (χ2v) is 7.93. The first kappa shape index (κ1) is 18.7. The SMILES string of the molecule is COc1ccc(CN2C(=O)C(C)S/C2=N/N=C/c2ccc(Br)cc2)cc1. The van der Waals surface area contributed by atoms with E-state index in [1.54, 1.807) is 18.2 Å². The van der Waals surface area contributed by atoms with E-state index in [2.05, 4.69) is 26.1 Å². The second-order valence-electron chi connectivity index (χ2n) is 5.71. The molecule has 1 fully saturated rings. The van der Waals surface area contributed by atoms with Crippen LogP contribution in [0.25, 0.3) is 0 Å². The predicted octanol–water partition coefficient (Wildman–Crippen LogP) is 4.31. The number of nitrogens with zero attached hydrogens (tertiary/aromatic N) is 3. The standard InChI is InChI=1S/C19H18BrN3O2S/c1-13-18(24)23(12-15-5-9-17(25-2)10-6-15)19(26-13)22-21-11-14-3-7-16(20)8-4-14/h3-11,13H,12H2,1-2H3/b21-11+,22-19+. The molecule has 1 atom stereocenters. The summed E-state index contributed by atoms with van der Waals surface area (Å²) in [5.74, 6) is 0.834. The Balaban J connectivity index is 1.75. The van der Waals surface area contributed by atoms with E-state index in [9.17, 15) is 4.79 Å². The Hall–Kier alpha value is -2.12. The van der Waals surface area contributed by atoms with Crippen LogP contribution in [-0.2, 0) is 11.3 Å². The van der Waals surface area contributed by atoms with Crippen LogP contribution < -0.4 is 4.74 Å². The molecule has 0 bridgehead atoms. The fourth-order valence-corrected chi connectivity index (χ4v) is 3.60. The summed E-state index contributed by atoms with van der Waals surface area (Å²) in [4.78, 5) is 14.1. The summed E-state index contributed by atoms with van der Waals surface area (Å²) in [6.45, 7) is 2.35. The van der Waals surface area contributed by atoms with Crippen LogP contribution in [0.1, 0.15) is 18.1 Å². The molecule has 0 aromatic heterocycles. The quantitative estimate of drug-likeness (QED) is 0.523. The lowest BCUT2D eigenvalue weighted by atomic mass is 10.2. The monoisotopic (exact) mass is 431 g/mol. The number of carbonyl (C=O) groups is 1. The van der Waals surface area contributed by atoms with Crippen molar-refractivity contribution in [2.75, 3.05) is 7.11 Å². The molecule has 1 aliphatic rings. The number of ether oxygens (including phenoxy) is 1. The first-order valence-corrected chi connectivity index (χ1v) is 9.71. The number of halogens is 1. The van der Waals surface area contributed by atoms with Gasteiger partial charge in [-0.2, -0.15) is 5.10 Å². The van der Waals surface area contributed by atoms with Crippen molar-refractivity contribution in [3.8, 4) is 5.75 Å². The zero-order chi connectivity index (χ0) is 18.5. The van der Waals surface area contributed by atoms with Crippen LogP contribution in [0.4, 0.5) is 0 Å². The van der Waals surface area contributed by atoms with Gasteiger partial charge in [-0.15, -0.1) is 5.10 Å². The van der Waals surface area contributed by atoms with Gasteiger partial charge in [0.2, 0.25) is 5.91 Å². The Morgan fingerprint density at radius 2 is 1.88 bits per heavy atom. The van der Waals surface area contributed by atoms with Crippen molar-refractivity contribution in [3.63, 3.8) is 0 Å². The van der Waals surface area contributed by atoms with Crippen molar-refractivity contribution >= 4 is 45.0 Å². The number of methoxy groups -OCH3 is 1. The zero-order valence-electron chi connectivity index (χ0n) is 14.4. The molecule has 7 heteroatoms. The van der Waals surface area contributed by atoms with E-state index < -0.39 is 0 Å². The van der Waals surface area contributed by atoms with Crippen molar-refractivity contribution in [2.45, 2.75) is 18.7 Å². The van der Waals surface area contributed by atoms with Gasteiger partial charge in [0.1, 0.15) is 5.75 Å². The number of amidine groups is 1. The number of hydrogen-bond donors (Lipinski definition) is 0. The second kappa shape index (κ2) is 8.51. The van der Waals surface area contributed by atoms with Gasteiger partial charge >= 0.3 is 0 Å². The average molecular weight is 432 g/mol. The minimum Gasteiger partial charge on any atom is -0.497 e. The third kappa shape index (κ3) is 4.53. The Kier molecular flexibility index (Phi) is 6.11. The molecule has 5 nitrogen and oxygen atoms in total. The van der Waals surface area contributed by atoms with Crippen molar-refractivity contribution in [2.24, 2.45) is 10.2 Å². The maximum absolute atomic E-state index is 12.5. The van der Waals surface area contributed by atoms with Gasteiger partial charge in [0.15, 0.2) is 5.17 Å². The molecule has 0 N–H and O–H groups in total. The van der Waals surface area contributed by atoms with Crippen molar-refractivity contribution in [1.29, 1.82) is 0 Å². The van der Waals surface area contributed by atoms with Crippen LogP contribution in [-0.4, -0.2) is 34.5 Å². The molecule has 1 unspecified atom stereocenters. The zero-order valence-corrected chi connectivity index (χ0v) is 16.8. The Morgan fingerprint density at radius 1 is 1.19 bits per heavy atom. The van der Waals surface area contributed by atoms with Crippen LogP contribution >= 0.6 is 27.7 Å². The smallest absolute Gasteiger partial charge is 0.242 e.